The van der Waals surface area contributed by atoms with Gasteiger partial charge in [0, 0.05) is 29.9 Å². The Kier molecular flexibility index (Phi) is 9.93. The number of aromatic nitrogens is 1. The highest BCUT2D eigenvalue weighted by molar-refractivity contribution is 8.00. The number of anilines is 1. The summed E-state index contributed by atoms with van der Waals surface area (Å²) in [4.78, 5) is 7.51. The number of likely N-dealkylation sites (tertiary alicyclic amines) is 1. The quantitative estimate of drug-likeness (QED) is 0.326. The molecule has 1 aromatic heterocycles. The molecule has 0 aliphatic carbocycles. The number of piperidine rings is 1. The summed E-state index contributed by atoms with van der Waals surface area (Å²) in [5.41, 5.74) is 2.80. The van der Waals surface area contributed by atoms with Crippen LogP contribution in [0.4, 0.5) is 10.2 Å². The number of hydrogen-bond acceptors (Lipinski definition) is 6. The highest BCUT2D eigenvalue weighted by Gasteiger charge is 2.21. The zero-order valence-corrected chi connectivity index (χ0v) is 21.1. The van der Waals surface area contributed by atoms with Crippen molar-refractivity contribution in [1.82, 2.24) is 9.88 Å². The van der Waals surface area contributed by atoms with Gasteiger partial charge in [0.05, 0.1) is 15.6 Å². The molecular weight excluding hydrogens is 488 g/mol. The number of ether oxygens (including phenoxy) is 1. The van der Waals surface area contributed by atoms with Gasteiger partial charge in [0.25, 0.3) is 0 Å². The molecule has 2 heterocycles. The van der Waals surface area contributed by atoms with E-state index in [9.17, 15) is 4.39 Å². The van der Waals surface area contributed by atoms with E-state index in [1.165, 1.54) is 18.0 Å². The van der Waals surface area contributed by atoms with Gasteiger partial charge in [0.2, 0.25) is 0 Å². The molecule has 0 spiro atoms. The van der Waals surface area contributed by atoms with E-state index in [0.717, 1.165) is 48.8 Å². The third kappa shape index (κ3) is 7.25. The van der Waals surface area contributed by atoms with Gasteiger partial charge in [0.1, 0.15) is 23.5 Å². The smallest absolute Gasteiger partial charge is 0.147 e. The maximum absolute atomic E-state index is 13.3. The summed E-state index contributed by atoms with van der Waals surface area (Å²) in [5.74, 6) is 1.15. The van der Waals surface area contributed by atoms with E-state index in [1.54, 1.807) is 29.0 Å². The lowest BCUT2D eigenvalue weighted by Crippen LogP contribution is -2.37. The molecular formula is C23H26Cl2FN3OS2. The van der Waals surface area contributed by atoms with Crippen LogP contribution in [-0.2, 0) is 6.54 Å². The molecule has 0 unspecified atom stereocenters. The Labute approximate surface area is 207 Å². The van der Waals surface area contributed by atoms with Crippen LogP contribution in [0.1, 0.15) is 32.3 Å². The number of halogens is 3. The largest absolute Gasteiger partial charge is 0.489 e. The number of nitrogens with zero attached hydrogens (tertiary/aromatic N) is 2. The molecule has 32 heavy (non-hydrogen) atoms. The van der Waals surface area contributed by atoms with Crippen LogP contribution in [0.15, 0.2) is 52.2 Å². The average Bonchev–Trinajstić information content (AvgIpc) is 3.33. The van der Waals surface area contributed by atoms with Crippen molar-refractivity contribution in [1.29, 1.82) is 0 Å². The topological polar surface area (TPSA) is 37.4 Å². The number of thiazole rings is 1. The van der Waals surface area contributed by atoms with Gasteiger partial charge in [0.15, 0.2) is 0 Å². The van der Waals surface area contributed by atoms with E-state index < -0.39 is 0 Å². The van der Waals surface area contributed by atoms with Gasteiger partial charge in [-0.25, -0.2) is 9.37 Å². The Morgan fingerprint density at radius 3 is 2.59 bits per heavy atom. The number of rotatable bonds is 7. The Morgan fingerprint density at radius 1 is 1.16 bits per heavy atom. The van der Waals surface area contributed by atoms with Gasteiger partial charge >= 0.3 is 0 Å². The lowest BCUT2D eigenvalue weighted by atomic mass is 10.1. The summed E-state index contributed by atoms with van der Waals surface area (Å²) in [7, 11) is 0. The van der Waals surface area contributed by atoms with Crippen LogP contribution in [0.3, 0.4) is 0 Å². The monoisotopic (exact) mass is 513 g/mol. The standard InChI is InChI=1S/C21H20Cl2FN3OS2.C2H6/c22-17-9-14(1-3-19(17)24)11-27-7-5-15(6-8-27)28-20-4-2-16(10-18(20)23)30-26-21-12-29-13-25-21;1-2/h1-4,9-10,12-13,15,26H,5-8,11H2;1-2H3. The molecule has 1 saturated heterocycles. The van der Waals surface area contributed by atoms with E-state index in [1.807, 2.05) is 37.4 Å². The van der Waals surface area contributed by atoms with E-state index in [4.69, 9.17) is 27.9 Å². The highest BCUT2D eigenvalue weighted by atomic mass is 35.5. The second-order valence-corrected chi connectivity index (χ2v) is 9.42. The van der Waals surface area contributed by atoms with E-state index >= 15 is 0 Å². The molecule has 1 N–H and O–H groups in total. The van der Waals surface area contributed by atoms with Crippen molar-refractivity contribution in [2.45, 2.75) is 44.2 Å². The Bertz CT molecular complexity index is 983. The van der Waals surface area contributed by atoms with Crippen LogP contribution in [0.25, 0.3) is 0 Å². The molecule has 2 aromatic carbocycles. The summed E-state index contributed by atoms with van der Waals surface area (Å²) in [6, 6.07) is 10.7. The van der Waals surface area contributed by atoms with Gasteiger partial charge in [-0.1, -0.05) is 43.1 Å². The molecule has 1 aliphatic heterocycles. The Hall–Kier alpha value is -1.51. The SMILES string of the molecule is CC.Fc1ccc(CN2CCC(Oc3ccc(SNc4cscn4)cc3Cl)CC2)cc1Cl. The predicted octanol–water partition coefficient (Wildman–Crippen LogP) is 7.78. The fourth-order valence-corrected chi connectivity index (χ4v) is 4.97. The summed E-state index contributed by atoms with van der Waals surface area (Å²) in [5, 5.41) is 2.72. The fourth-order valence-electron chi connectivity index (χ4n) is 3.28. The van der Waals surface area contributed by atoms with Crippen molar-refractivity contribution >= 4 is 52.3 Å². The molecule has 4 rings (SSSR count). The maximum Gasteiger partial charge on any atom is 0.147 e. The summed E-state index contributed by atoms with van der Waals surface area (Å²) in [6.45, 7) is 6.57. The second kappa shape index (κ2) is 12.7. The van der Waals surface area contributed by atoms with E-state index in [0.29, 0.717) is 10.8 Å². The van der Waals surface area contributed by atoms with Crippen LogP contribution in [-0.4, -0.2) is 29.1 Å². The van der Waals surface area contributed by atoms with Crippen molar-refractivity contribution in [3.05, 3.63) is 68.7 Å². The van der Waals surface area contributed by atoms with Crippen LogP contribution < -0.4 is 9.46 Å². The predicted molar refractivity (Wildman–Crippen MR) is 135 cm³/mol. The van der Waals surface area contributed by atoms with E-state index in [-0.39, 0.29) is 16.9 Å². The molecule has 0 radical (unpaired) electrons. The fraction of sp³-hybridized carbons (Fsp3) is 0.348. The van der Waals surface area contributed by atoms with Crippen molar-refractivity contribution in [2.75, 3.05) is 17.8 Å². The molecule has 1 fully saturated rings. The van der Waals surface area contributed by atoms with Gasteiger partial charge in [-0.3, -0.25) is 4.90 Å². The second-order valence-electron chi connectivity index (χ2n) is 7.01. The lowest BCUT2D eigenvalue weighted by molar-refractivity contribution is 0.0968. The lowest BCUT2D eigenvalue weighted by Gasteiger charge is -2.32. The normalized spacial score (nSPS) is 14.5. The van der Waals surface area contributed by atoms with Crippen molar-refractivity contribution in [3.8, 4) is 5.75 Å². The molecule has 0 bridgehead atoms. The number of nitrogens with one attached hydrogen (secondary N) is 1. The van der Waals surface area contributed by atoms with E-state index in [2.05, 4.69) is 14.6 Å². The van der Waals surface area contributed by atoms with Crippen LogP contribution in [0, 0.1) is 5.82 Å². The first-order valence-corrected chi connectivity index (χ1v) is 13.0. The highest BCUT2D eigenvalue weighted by Crippen LogP contribution is 2.32. The molecule has 1 aliphatic rings. The summed E-state index contributed by atoms with van der Waals surface area (Å²) < 4.78 is 22.7. The molecule has 9 heteroatoms. The molecule has 3 aromatic rings. The maximum atomic E-state index is 13.3. The van der Waals surface area contributed by atoms with Crippen LogP contribution in [0.5, 0.6) is 5.75 Å². The first-order valence-electron chi connectivity index (χ1n) is 10.5. The van der Waals surface area contributed by atoms with Gasteiger partial charge in [-0.05, 0) is 60.7 Å². The first-order chi connectivity index (χ1) is 15.6. The van der Waals surface area contributed by atoms with Gasteiger partial charge in [-0.15, -0.1) is 11.3 Å². The average molecular weight is 515 g/mol. The molecule has 0 saturated carbocycles. The zero-order chi connectivity index (χ0) is 22.9. The van der Waals surface area contributed by atoms with Crippen molar-refractivity contribution in [3.63, 3.8) is 0 Å². The number of benzene rings is 2. The summed E-state index contributed by atoms with van der Waals surface area (Å²) in [6.07, 6.45) is 1.95. The number of hydrogen-bond donors (Lipinski definition) is 1. The zero-order valence-electron chi connectivity index (χ0n) is 18.0. The molecule has 172 valence electrons. The Balaban J connectivity index is 0.00000141. The molecule has 4 nitrogen and oxygen atoms in total. The Morgan fingerprint density at radius 2 is 1.94 bits per heavy atom. The van der Waals surface area contributed by atoms with Crippen LogP contribution >= 0.6 is 46.5 Å². The molecule has 0 atom stereocenters. The molecule has 0 amide bonds. The van der Waals surface area contributed by atoms with Crippen LogP contribution in [0.2, 0.25) is 10.0 Å². The third-order valence-electron chi connectivity index (χ3n) is 4.83. The first kappa shape index (κ1) is 25.1. The van der Waals surface area contributed by atoms with Gasteiger partial charge < -0.3 is 9.46 Å². The minimum atomic E-state index is -0.382. The minimum Gasteiger partial charge on any atom is -0.489 e. The summed E-state index contributed by atoms with van der Waals surface area (Å²) >= 11 is 15.3. The third-order valence-corrected chi connectivity index (χ3v) is 6.80. The van der Waals surface area contributed by atoms with Crippen molar-refractivity contribution in [2.24, 2.45) is 0 Å². The van der Waals surface area contributed by atoms with Gasteiger partial charge in [-0.2, -0.15) is 0 Å². The van der Waals surface area contributed by atoms with Crippen molar-refractivity contribution < 1.29 is 9.13 Å². The minimum absolute atomic E-state index is 0.127.